The maximum atomic E-state index is 12.5. The number of likely N-dealkylation sites (tertiary alicyclic amines) is 1. The minimum Gasteiger partial charge on any atom is -0.463 e. The van der Waals surface area contributed by atoms with E-state index in [4.69, 9.17) is 14.3 Å². The molecule has 0 bridgehead atoms. The summed E-state index contributed by atoms with van der Waals surface area (Å²) in [6, 6.07) is 5.32. The van der Waals surface area contributed by atoms with Crippen LogP contribution in [0.4, 0.5) is 0 Å². The van der Waals surface area contributed by atoms with E-state index in [1.165, 1.54) is 0 Å². The fourth-order valence-electron chi connectivity index (χ4n) is 2.69. The summed E-state index contributed by atoms with van der Waals surface area (Å²) >= 11 is 0. The number of piperidine rings is 1. The molecule has 2 aromatic heterocycles. The lowest BCUT2D eigenvalue weighted by molar-refractivity contribution is 0.00384. The molecule has 1 aliphatic heterocycles. The zero-order chi connectivity index (χ0) is 16.1. The number of nitrogens with zero attached hydrogens (tertiary/aromatic N) is 2. The van der Waals surface area contributed by atoms with Crippen LogP contribution < -0.4 is 0 Å². The van der Waals surface area contributed by atoms with Crippen LogP contribution in [0.15, 0.2) is 28.9 Å². The third-order valence-corrected chi connectivity index (χ3v) is 3.97. The first-order chi connectivity index (χ1) is 11.3. The lowest BCUT2D eigenvalue weighted by atomic mass is 10.1. The van der Waals surface area contributed by atoms with Gasteiger partial charge in [-0.25, -0.2) is 0 Å². The molecule has 2 N–H and O–H groups in total. The number of carbonyl (C=O) groups excluding carboxylic acids is 1. The summed E-state index contributed by atoms with van der Waals surface area (Å²) in [5.74, 6) is 0.584. The van der Waals surface area contributed by atoms with Gasteiger partial charge in [-0.05, 0) is 31.4 Å². The van der Waals surface area contributed by atoms with Crippen LogP contribution >= 0.6 is 0 Å². The van der Waals surface area contributed by atoms with Crippen molar-refractivity contribution < 1.29 is 19.1 Å². The number of H-pyrrole nitrogens is 1. The van der Waals surface area contributed by atoms with E-state index in [9.17, 15) is 4.79 Å². The van der Waals surface area contributed by atoms with Crippen LogP contribution in [0.2, 0.25) is 0 Å². The normalized spacial score (nSPS) is 16.0. The molecule has 124 valence electrons. The van der Waals surface area contributed by atoms with E-state index >= 15 is 0 Å². The maximum Gasteiger partial charge on any atom is 0.274 e. The van der Waals surface area contributed by atoms with Gasteiger partial charge in [-0.3, -0.25) is 9.89 Å². The number of rotatable bonds is 6. The molecule has 2 aromatic rings. The topological polar surface area (TPSA) is 91.6 Å². The monoisotopic (exact) mass is 319 g/mol. The van der Waals surface area contributed by atoms with Crippen molar-refractivity contribution in [2.75, 3.05) is 26.3 Å². The van der Waals surface area contributed by atoms with Crippen LogP contribution in [0.25, 0.3) is 11.5 Å². The molecule has 7 nitrogen and oxygen atoms in total. The van der Waals surface area contributed by atoms with Gasteiger partial charge in [0.1, 0.15) is 5.69 Å². The van der Waals surface area contributed by atoms with Gasteiger partial charge in [0, 0.05) is 32.4 Å². The Bertz CT molecular complexity index is 615. The van der Waals surface area contributed by atoms with Crippen molar-refractivity contribution in [3.05, 3.63) is 30.2 Å². The van der Waals surface area contributed by atoms with Gasteiger partial charge >= 0.3 is 0 Å². The van der Waals surface area contributed by atoms with E-state index in [1.54, 1.807) is 23.3 Å². The Hall–Kier alpha value is -2.12. The molecule has 0 atom stereocenters. The van der Waals surface area contributed by atoms with Gasteiger partial charge in [0.2, 0.25) is 0 Å². The lowest BCUT2D eigenvalue weighted by Gasteiger charge is -2.31. The van der Waals surface area contributed by atoms with Crippen LogP contribution in [0.5, 0.6) is 0 Å². The van der Waals surface area contributed by atoms with Gasteiger partial charge in [-0.1, -0.05) is 0 Å². The van der Waals surface area contributed by atoms with Gasteiger partial charge in [-0.2, -0.15) is 5.10 Å². The molecular formula is C16H21N3O4. The highest BCUT2D eigenvalue weighted by Crippen LogP contribution is 2.20. The van der Waals surface area contributed by atoms with Gasteiger partial charge in [0.05, 0.1) is 12.4 Å². The molecular weight excluding hydrogens is 298 g/mol. The first kappa shape index (κ1) is 15.8. The molecule has 0 spiro atoms. The van der Waals surface area contributed by atoms with E-state index in [0.29, 0.717) is 43.3 Å². The van der Waals surface area contributed by atoms with Gasteiger partial charge in [0.25, 0.3) is 5.91 Å². The van der Waals surface area contributed by atoms with Crippen molar-refractivity contribution >= 4 is 5.91 Å². The molecule has 23 heavy (non-hydrogen) atoms. The molecule has 3 heterocycles. The summed E-state index contributed by atoms with van der Waals surface area (Å²) < 4.78 is 11.0. The number of aromatic amines is 1. The predicted octanol–water partition coefficient (Wildman–Crippen LogP) is 1.67. The third kappa shape index (κ3) is 3.80. The Balaban J connectivity index is 1.53. The number of aliphatic hydroxyl groups is 1. The number of hydrogen-bond donors (Lipinski definition) is 2. The summed E-state index contributed by atoms with van der Waals surface area (Å²) in [6.45, 7) is 2.03. The fourth-order valence-corrected chi connectivity index (χ4v) is 2.69. The van der Waals surface area contributed by atoms with Gasteiger partial charge < -0.3 is 19.2 Å². The summed E-state index contributed by atoms with van der Waals surface area (Å²) in [5.41, 5.74) is 1.09. The maximum absolute atomic E-state index is 12.5. The molecule has 0 aliphatic carbocycles. The molecule has 0 saturated carbocycles. The molecule has 1 amide bonds. The number of amides is 1. The number of aliphatic hydroxyl groups excluding tert-OH is 1. The number of furan rings is 1. The Morgan fingerprint density at radius 1 is 1.48 bits per heavy atom. The highest BCUT2D eigenvalue weighted by Gasteiger charge is 2.25. The quantitative estimate of drug-likeness (QED) is 0.790. The van der Waals surface area contributed by atoms with E-state index in [-0.39, 0.29) is 18.6 Å². The van der Waals surface area contributed by atoms with Crippen LogP contribution in [-0.4, -0.2) is 58.5 Å². The fraction of sp³-hybridized carbons (Fsp3) is 0.500. The molecule has 3 rings (SSSR count). The molecule has 1 saturated heterocycles. The number of hydrogen-bond acceptors (Lipinski definition) is 5. The number of nitrogens with one attached hydrogen (secondary N) is 1. The Labute approximate surface area is 134 Å². The number of aromatic nitrogens is 2. The van der Waals surface area contributed by atoms with E-state index in [0.717, 1.165) is 12.8 Å². The molecule has 7 heteroatoms. The van der Waals surface area contributed by atoms with Crippen LogP contribution in [0.3, 0.4) is 0 Å². The van der Waals surface area contributed by atoms with Crippen molar-refractivity contribution in [1.82, 2.24) is 15.1 Å². The minimum atomic E-state index is -0.0761. The second kappa shape index (κ2) is 7.43. The van der Waals surface area contributed by atoms with E-state index in [1.807, 2.05) is 6.07 Å². The highest BCUT2D eigenvalue weighted by atomic mass is 16.5. The van der Waals surface area contributed by atoms with Crippen LogP contribution in [0, 0.1) is 0 Å². The average Bonchev–Trinajstić information content (AvgIpc) is 3.26. The Morgan fingerprint density at radius 2 is 2.30 bits per heavy atom. The first-order valence-corrected chi connectivity index (χ1v) is 7.89. The Morgan fingerprint density at radius 3 is 3.00 bits per heavy atom. The molecule has 0 unspecified atom stereocenters. The van der Waals surface area contributed by atoms with Crippen molar-refractivity contribution in [2.45, 2.75) is 25.4 Å². The minimum absolute atomic E-state index is 0.0761. The SMILES string of the molecule is O=C(c1cc(-c2ccco2)[nH]n1)N1CCC(OCCCO)CC1. The molecule has 1 aliphatic rings. The summed E-state index contributed by atoms with van der Waals surface area (Å²) in [7, 11) is 0. The van der Waals surface area contributed by atoms with E-state index < -0.39 is 0 Å². The smallest absolute Gasteiger partial charge is 0.274 e. The van der Waals surface area contributed by atoms with Crippen LogP contribution in [0.1, 0.15) is 29.8 Å². The van der Waals surface area contributed by atoms with Gasteiger partial charge in [0.15, 0.2) is 11.5 Å². The number of carbonyl (C=O) groups is 1. The zero-order valence-electron chi connectivity index (χ0n) is 12.9. The molecule has 0 aromatic carbocycles. The highest BCUT2D eigenvalue weighted by molar-refractivity contribution is 5.93. The average molecular weight is 319 g/mol. The van der Waals surface area contributed by atoms with Crippen molar-refractivity contribution in [3.63, 3.8) is 0 Å². The van der Waals surface area contributed by atoms with E-state index in [2.05, 4.69) is 10.2 Å². The van der Waals surface area contributed by atoms with Crippen molar-refractivity contribution in [3.8, 4) is 11.5 Å². The van der Waals surface area contributed by atoms with Gasteiger partial charge in [-0.15, -0.1) is 0 Å². The number of ether oxygens (including phenoxy) is 1. The third-order valence-electron chi connectivity index (χ3n) is 3.97. The van der Waals surface area contributed by atoms with Crippen LogP contribution in [-0.2, 0) is 4.74 Å². The molecule has 0 radical (unpaired) electrons. The molecule has 1 fully saturated rings. The lowest BCUT2D eigenvalue weighted by Crippen LogP contribution is -2.41. The zero-order valence-corrected chi connectivity index (χ0v) is 12.9. The predicted molar refractivity (Wildman–Crippen MR) is 82.9 cm³/mol. The second-order valence-electron chi connectivity index (χ2n) is 5.58. The first-order valence-electron chi connectivity index (χ1n) is 7.89. The summed E-state index contributed by atoms with van der Waals surface area (Å²) in [6.07, 6.45) is 4.03. The van der Waals surface area contributed by atoms with Crippen molar-refractivity contribution in [2.24, 2.45) is 0 Å². The second-order valence-corrected chi connectivity index (χ2v) is 5.58. The Kier molecular flexibility index (Phi) is 5.09. The summed E-state index contributed by atoms with van der Waals surface area (Å²) in [4.78, 5) is 14.3. The summed E-state index contributed by atoms with van der Waals surface area (Å²) in [5, 5.41) is 15.7. The largest absolute Gasteiger partial charge is 0.463 e. The standard InChI is InChI=1S/C16H21N3O4/c20-8-2-10-22-12-4-6-19(7-5-12)16(21)14-11-13(17-18-14)15-3-1-9-23-15/h1,3,9,11-12,20H,2,4-8,10H2,(H,17,18). The van der Waals surface area contributed by atoms with Crippen molar-refractivity contribution in [1.29, 1.82) is 0 Å².